The summed E-state index contributed by atoms with van der Waals surface area (Å²) in [5.74, 6) is -0.310. The molecule has 10 nitrogen and oxygen atoms in total. The van der Waals surface area contributed by atoms with Gasteiger partial charge in [0, 0.05) is 42.1 Å². The van der Waals surface area contributed by atoms with Gasteiger partial charge in [-0.25, -0.2) is 0 Å². The average Bonchev–Trinajstić information content (AvgIpc) is 4.04. The van der Waals surface area contributed by atoms with Crippen molar-refractivity contribution in [1.29, 1.82) is 0 Å². The van der Waals surface area contributed by atoms with Gasteiger partial charge in [-0.05, 0) is 147 Å². The Morgan fingerprint density at radius 3 is 1.67 bits per heavy atom. The van der Waals surface area contributed by atoms with E-state index >= 15 is 0 Å². The monoisotopic (exact) mass is 984 g/mol. The number of benzene rings is 4. The van der Waals surface area contributed by atoms with Gasteiger partial charge in [-0.15, -0.1) is 22.7 Å². The third-order valence-electron chi connectivity index (χ3n) is 10.6. The summed E-state index contributed by atoms with van der Waals surface area (Å²) in [6.07, 6.45) is 4.03. The molecule has 16 heteroatoms. The minimum absolute atomic E-state index is 0. The van der Waals surface area contributed by atoms with Crippen LogP contribution in [0.25, 0.3) is 32.2 Å². The van der Waals surface area contributed by atoms with E-state index in [1.54, 1.807) is 30.3 Å². The van der Waals surface area contributed by atoms with E-state index in [-0.39, 0.29) is 37.6 Å². The smallest absolute Gasteiger partial charge is 0.399 e. The maximum Gasteiger partial charge on any atom is 0.495 e. The summed E-state index contributed by atoms with van der Waals surface area (Å²) in [7, 11) is 3.52. The molecular weight excluding hydrogens is 938 g/mol. The molecule has 9 rings (SSSR count). The van der Waals surface area contributed by atoms with E-state index in [9.17, 15) is 9.59 Å². The van der Waals surface area contributed by atoms with Crippen molar-refractivity contribution in [3.8, 4) is 10.4 Å². The van der Waals surface area contributed by atoms with E-state index < -0.39 is 0 Å². The van der Waals surface area contributed by atoms with Gasteiger partial charge < -0.3 is 19.9 Å². The van der Waals surface area contributed by atoms with Gasteiger partial charge in [0.15, 0.2) is 0 Å². The van der Waals surface area contributed by atoms with Crippen LogP contribution < -0.4 is 16.1 Å². The average molecular weight is 987 g/mol. The van der Waals surface area contributed by atoms with Crippen LogP contribution in [0.4, 0.5) is 11.4 Å². The van der Waals surface area contributed by atoms with Crippen molar-refractivity contribution in [2.75, 3.05) is 10.6 Å². The van der Waals surface area contributed by atoms with Crippen LogP contribution in [-0.2, 0) is 23.4 Å². The second-order valence-electron chi connectivity index (χ2n) is 15.8. The lowest BCUT2D eigenvalue weighted by Crippen LogP contribution is -2.41. The zero-order valence-electron chi connectivity index (χ0n) is 35.3. The molecule has 5 heterocycles. The molecular formula is C47H48BBrCl2N6O4S2. The second-order valence-corrected chi connectivity index (χ2v) is 20.2. The molecule has 2 amide bonds. The number of nitrogens with one attached hydrogen (secondary N) is 2. The first-order chi connectivity index (χ1) is 29.4. The van der Waals surface area contributed by atoms with Crippen molar-refractivity contribution >= 4 is 119 Å². The van der Waals surface area contributed by atoms with Crippen LogP contribution in [0.2, 0.25) is 10.0 Å². The number of carbonyl (C=O) groups is 2. The number of aromatic nitrogens is 4. The summed E-state index contributed by atoms with van der Waals surface area (Å²) in [5.41, 5.74) is 7.01. The number of nitrogens with zero attached hydrogens (tertiary/aromatic N) is 4. The Balaban J connectivity index is 0.000000161. The minimum Gasteiger partial charge on any atom is -0.399 e. The summed E-state index contributed by atoms with van der Waals surface area (Å²) in [6.45, 7) is 12.4. The highest BCUT2D eigenvalue weighted by Gasteiger charge is 2.52. The Morgan fingerprint density at radius 2 is 1.16 bits per heavy atom. The van der Waals surface area contributed by atoms with Crippen LogP contribution in [0, 0.1) is 13.8 Å². The Kier molecular flexibility index (Phi) is 14.8. The third kappa shape index (κ3) is 10.9. The maximum atomic E-state index is 12.5. The number of hydrogen-bond donors (Lipinski definition) is 2. The molecule has 0 unspecified atom stereocenters. The summed E-state index contributed by atoms with van der Waals surface area (Å²) in [5, 5.41) is 17.9. The molecule has 1 fully saturated rings. The number of aryl methyl sites for hydroxylation is 4. The van der Waals surface area contributed by atoms with Crippen LogP contribution in [0.5, 0.6) is 0 Å². The van der Waals surface area contributed by atoms with Gasteiger partial charge in [0.2, 0.25) is 0 Å². The van der Waals surface area contributed by atoms with E-state index in [2.05, 4.69) is 103 Å². The van der Waals surface area contributed by atoms with Crippen molar-refractivity contribution in [3.05, 3.63) is 144 Å². The largest absolute Gasteiger partial charge is 0.495 e. The van der Waals surface area contributed by atoms with Crippen molar-refractivity contribution < 1.29 is 18.9 Å². The minimum atomic E-state index is -0.327. The van der Waals surface area contributed by atoms with Gasteiger partial charge in [-0.2, -0.15) is 10.2 Å². The van der Waals surface area contributed by atoms with Crippen LogP contribution >= 0.6 is 61.8 Å². The molecule has 4 aromatic carbocycles. The van der Waals surface area contributed by atoms with Gasteiger partial charge in [0.05, 0.1) is 57.2 Å². The van der Waals surface area contributed by atoms with Gasteiger partial charge in [0.25, 0.3) is 11.8 Å². The Bertz CT molecular complexity index is 2930. The Hall–Kier alpha value is -4.80. The highest BCUT2D eigenvalue weighted by atomic mass is 79.9. The van der Waals surface area contributed by atoms with E-state index in [0.717, 1.165) is 47.1 Å². The number of halogens is 3. The highest BCUT2D eigenvalue weighted by molar-refractivity contribution is 9.11. The van der Waals surface area contributed by atoms with E-state index in [0.29, 0.717) is 31.2 Å². The fourth-order valence-corrected chi connectivity index (χ4v) is 9.29. The molecule has 63 heavy (non-hydrogen) atoms. The highest BCUT2D eigenvalue weighted by Crippen LogP contribution is 2.37. The predicted octanol–water partition coefficient (Wildman–Crippen LogP) is 12.7. The van der Waals surface area contributed by atoms with Crippen LogP contribution in [0.3, 0.4) is 0 Å². The van der Waals surface area contributed by atoms with Crippen molar-refractivity contribution in [2.45, 2.75) is 60.2 Å². The SMILES string of the molecule is C.Cc1cc2cn(C)nc2cc1-c1ccc(C(=O)Nc2ccccc2Cl)s1.Cc1cc2cn(C)nc2cc1B1OC(C)(C)C(C)(C)O1.O=C(Nc1ccccc1Cl)c1ccc(Br)s1. The van der Waals surface area contributed by atoms with Gasteiger partial charge in [-0.1, -0.05) is 60.5 Å². The molecule has 1 aliphatic rings. The molecule has 2 N–H and O–H groups in total. The number of anilines is 2. The summed E-state index contributed by atoms with van der Waals surface area (Å²) in [4.78, 5) is 26.7. The van der Waals surface area contributed by atoms with E-state index in [1.807, 2.05) is 78.3 Å². The number of amides is 2. The summed E-state index contributed by atoms with van der Waals surface area (Å²) >= 11 is 18.2. The lowest BCUT2D eigenvalue weighted by molar-refractivity contribution is 0.00578. The molecule has 0 aliphatic carbocycles. The van der Waals surface area contributed by atoms with Gasteiger partial charge in [0.1, 0.15) is 0 Å². The van der Waals surface area contributed by atoms with Crippen molar-refractivity contribution in [3.63, 3.8) is 0 Å². The van der Waals surface area contributed by atoms with Crippen LogP contribution in [0.15, 0.2) is 113 Å². The molecule has 0 atom stereocenters. The topological polar surface area (TPSA) is 112 Å². The molecule has 0 radical (unpaired) electrons. The van der Waals surface area contributed by atoms with Crippen LogP contribution in [-0.4, -0.2) is 49.7 Å². The summed E-state index contributed by atoms with van der Waals surface area (Å²) in [6, 6.07) is 30.2. The first kappa shape index (κ1) is 47.7. The van der Waals surface area contributed by atoms with Crippen LogP contribution in [0.1, 0.15) is 65.6 Å². The molecule has 1 saturated heterocycles. The molecule has 0 bridgehead atoms. The molecule has 0 spiro atoms. The Labute approximate surface area is 394 Å². The Morgan fingerprint density at radius 1 is 0.683 bits per heavy atom. The number of hydrogen-bond acceptors (Lipinski definition) is 8. The lowest BCUT2D eigenvalue weighted by Gasteiger charge is -2.32. The molecule has 4 aromatic heterocycles. The summed E-state index contributed by atoms with van der Waals surface area (Å²) < 4.78 is 16.8. The van der Waals surface area contributed by atoms with Gasteiger partial charge in [-0.3, -0.25) is 19.0 Å². The van der Waals surface area contributed by atoms with Gasteiger partial charge >= 0.3 is 7.12 Å². The first-order valence-electron chi connectivity index (χ1n) is 19.6. The number of rotatable bonds is 6. The number of thiophene rings is 2. The predicted molar refractivity (Wildman–Crippen MR) is 267 cm³/mol. The normalized spacial score (nSPS) is 13.7. The number of fused-ring (bicyclic) bond motifs is 2. The molecule has 1 aliphatic heterocycles. The standard InChI is InChI=1S/C20H16ClN3OS.C15H21BN2O2.C11H7BrClNOS.CH4/c1-12-9-13-11-24(2)23-17(13)10-14(12)18-7-8-19(26-18)20(25)22-16-6-4-3-5-15(16)21;1-10-7-11-9-18(6)17-13(11)8-12(10)16-19-14(2,3)15(4,5)20-16;12-10-6-5-9(16-10)11(15)14-8-4-2-1-3-7(8)13;/h3-11H,1-2H3,(H,22,25);7-9H,1-6H3;1-6H,(H,14,15);1H4. The number of carbonyl (C=O) groups excluding carboxylic acids is 2. The first-order valence-corrected chi connectivity index (χ1v) is 22.8. The van der Waals surface area contributed by atoms with Crippen molar-refractivity contribution in [1.82, 2.24) is 19.6 Å². The molecule has 8 aromatic rings. The second kappa shape index (κ2) is 19.5. The quantitative estimate of drug-likeness (QED) is 0.161. The zero-order chi connectivity index (χ0) is 44.5. The van der Waals surface area contributed by atoms with E-state index in [1.165, 1.54) is 28.2 Å². The lowest BCUT2D eigenvalue weighted by atomic mass is 9.76. The fraction of sp³-hybridized carbons (Fsp3) is 0.234. The fourth-order valence-electron chi connectivity index (χ4n) is 6.66. The maximum absolute atomic E-state index is 12.5. The van der Waals surface area contributed by atoms with Crippen molar-refractivity contribution in [2.24, 2.45) is 14.1 Å². The molecule has 0 saturated carbocycles. The third-order valence-corrected chi connectivity index (χ3v) is 14.0. The molecule has 326 valence electrons. The number of para-hydroxylation sites is 2. The van der Waals surface area contributed by atoms with E-state index in [4.69, 9.17) is 32.5 Å². The zero-order valence-corrected chi connectivity index (χ0v) is 40.1.